The van der Waals surface area contributed by atoms with Crippen LogP contribution in [0.15, 0.2) is 71.6 Å². The Kier molecular flexibility index (Phi) is 5.85. The van der Waals surface area contributed by atoms with Gasteiger partial charge in [-0.05, 0) is 42.5 Å². The number of ether oxygens (including phenoxy) is 2. The highest BCUT2D eigenvalue weighted by molar-refractivity contribution is 8.00. The first-order chi connectivity index (χ1) is 15.0. The summed E-state index contributed by atoms with van der Waals surface area (Å²) in [5.41, 5.74) is 1.09. The molecule has 1 heterocycles. The van der Waals surface area contributed by atoms with Crippen LogP contribution in [0.3, 0.4) is 0 Å². The number of thioether (sulfide) groups is 1. The lowest BCUT2D eigenvalue weighted by Gasteiger charge is -2.08. The minimum absolute atomic E-state index is 0.0608. The van der Waals surface area contributed by atoms with Crippen molar-refractivity contribution in [3.63, 3.8) is 0 Å². The van der Waals surface area contributed by atoms with Crippen LogP contribution in [0.5, 0.6) is 11.5 Å². The first-order valence-electron chi connectivity index (χ1n) is 9.21. The SMILES string of the molecule is O=C(CSc1cccc(NC(=O)c2cccc([N+](=O)[O-])c2)c1)c1ccc2c(c1)OCO2. The van der Waals surface area contributed by atoms with Crippen LogP contribution in [0.25, 0.3) is 0 Å². The van der Waals surface area contributed by atoms with Gasteiger partial charge in [-0.1, -0.05) is 12.1 Å². The van der Waals surface area contributed by atoms with Crippen LogP contribution in [-0.4, -0.2) is 29.2 Å². The number of rotatable bonds is 7. The molecule has 1 amide bonds. The average molecular weight is 436 g/mol. The molecule has 1 aliphatic heterocycles. The van der Waals surface area contributed by atoms with Crippen LogP contribution < -0.4 is 14.8 Å². The molecular weight excluding hydrogens is 420 g/mol. The van der Waals surface area contributed by atoms with E-state index in [4.69, 9.17) is 9.47 Å². The number of Topliss-reactive ketones (excluding diaryl/α,β-unsaturated/α-hetero) is 1. The van der Waals surface area contributed by atoms with E-state index in [1.54, 1.807) is 36.4 Å². The van der Waals surface area contributed by atoms with Gasteiger partial charge in [0.2, 0.25) is 6.79 Å². The van der Waals surface area contributed by atoms with E-state index >= 15 is 0 Å². The van der Waals surface area contributed by atoms with Crippen molar-refractivity contribution in [3.05, 3.63) is 88.0 Å². The summed E-state index contributed by atoms with van der Waals surface area (Å²) in [5.74, 6) is 0.872. The zero-order valence-electron chi connectivity index (χ0n) is 16.1. The number of benzene rings is 3. The number of fused-ring (bicyclic) bond motifs is 1. The van der Waals surface area contributed by atoms with E-state index in [1.165, 1.54) is 36.0 Å². The van der Waals surface area contributed by atoms with Crippen LogP contribution in [0.4, 0.5) is 11.4 Å². The molecule has 156 valence electrons. The summed E-state index contributed by atoms with van der Waals surface area (Å²) in [6.07, 6.45) is 0. The molecule has 31 heavy (non-hydrogen) atoms. The van der Waals surface area contributed by atoms with Gasteiger partial charge >= 0.3 is 0 Å². The third kappa shape index (κ3) is 4.84. The summed E-state index contributed by atoms with van der Waals surface area (Å²) >= 11 is 1.34. The molecule has 4 rings (SSSR count). The van der Waals surface area contributed by atoms with Crippen LogP contribution in [0.2, 0.25) is 0 Å². The van der Waals surface area contributed by atoms with Gasteiger partial charge in [0.15, 0.2) is 17.3 Å². The summed E-state index contributed by atoms with van der Waals surface area (Å²) in [6.45, 7) is 0.149. The third-order valence-corrected chi connectivity index (χ3v) is 5.47. The van der Waals surface area contributed by atoms with Crippen molar-refractivity contribution in [2.24, 2.45) is 0 Å². The van der Waals surface area contributed by atoms with Gasteiger partial charge in [0.05, 0.1) is 10.7 Å². The predicted molar refractivity (Wildman–Crippen MR) is 115 cm³/mol. The Bertz CT molecular complexity index is 1180. The van der Waals surface area contributed by atoms with Crippen molar-refractivity contribution in [2.45, 2.75) is 4.90 Å². The second-order valence-electron chi connectivity index (χ2n) is 6.57. The molecule has 9 heteroatoms. The van der Waals surface area contributed by atoms with Gasteiger partial charge in [0, 0.05) is 33.8 Å². The highest BCUT2D eigenvalue weighted by Crippen LogP contribution is 2.33. The van der Waals surface area contributed by atoms with Gasteiger partial charge < -0.3 is 14.8 Å². The Balaban J connectivity index is 1.39. The van der Waals surface area contributed by atoms with E-state index in [0.29, 0.717) is 22.7 Å². The first-order valence-corrected chi connectivity index (χ1v) is 10.2. The number of nitrogens with one attached hydrogen (secondary N) is 1. The van der Waals surface area contributed by atoms with E-state index < -0.39 is 10.8 Å². The zero-order valence-corrected chi connectivity index (χ0v) is 16.9. The molecule has 0 unspecified atom stereocenters. The fourth-order valence-corrected chi connectivity index (χ4v) is 3.78. The number of hydrogen-bond acceptors (Lipinski definition) is 7. The van der Waals surface area contributed by atoms with E-state index in [0.717, 1.165) is 4.90 Å². The molecule has 0 fully saturated rings. The molecular formula is C22H16N2O6S. The zero-order chi connectivity index (χ0) is 21.8. The van der Waals surface area contributed by atoms with E-state index in [1.807, 2.05) is 6.07 Å². The van der Waals surface area contributed by atoms with Crippen LogP contribution in [0.1, 0.15) is 20.7 Å². The number of non-ortho nitro benzene ring substituents is 1. The Labute approximate surface area is 181 Å². The molecule has 0 radical (unpaired) electrons. The number of carbonyl (C=O) groups is 2. The number of nitro benzene ring substituents is 1. The van der Waals surface area contributed by atoms with Gasteiger partial charge in [-0.15, -0.1) is 11.8 Å². The van der Waals surface area contributed by atoms with Gasteiger partial charge in [-0.2, -0.15) is 0 Å². The third-order valence-electron chi connectivity index (χ3n) is 4.48. The normalized spacial score (nSPS) is 11.7. The molecule has 0 atom stereocenters. The molecule has 1 aliphatic rings. The molecule has 3 aromatic carbocycles. The lowest BCUT2D eigenvalue weighted by molar-refractivity contribution is -0.384. The van der Waals surface area contributed by atoms with Gasteiger partial charge in [-0.3, -0.25) is 19.7 Å². The van der Waals surface area contributed by atoms with Crippen molar-refractivity contribution in [1.29, 1.82) is 0 Å². The number of nitrogens with zero attached hydrogens (tertiary/aromatic N) is 1. The molecule has 0 saturated heterocycles. The van der Waals surface area contributed by atoms with Gasteiger partial charge in [0.25, 0.3) is 11.6 Å². The highest BCUT2D eigenvalue weighted by atomic mass is 32.2. The number of carbonyl (C=O) groups excluding carboxylic acids is 2. The topological polar surface area (TPSA) is 108 Å². The van der Waals surface area contributed by atoms with Crippen molar-refractivity contribution < 1.29 is 24.0 Å². The summed E-state index contributed by atoms with van der Waals surface area (Å²) in [5, 5.41) is 13.6. The minimum Gasteiger partial charge on any atom is -0.454 e. The summed E-state index contributed by atoms with van der Waals surface area (Å²) in [6, 6.07) is 17.6. The molecule has 0 aliphatic carbocycles. The number of nitro groups is 1. The van der Waals surface area contributed by atoms with Crippen molar-refractivity contribution >= 4 is 34.8 Å². The average Bonchev–Trinajstić information content (AvgIpc) is 3.25. The first kappa shape index (κ1) is 20.4. The van der Waals surface area contributed by atoms with Crippen LogP contribution in [-0.2, 0) is 0 Å². The Morgan fingerprint density at radius 1 is 0.968 bits per heavy atom. The maximum absolute atomic E-state index is 12.5. The van der Waals surface area contributed by atoms with E-state index in [2.05, 4.69) is 5.32 Å². The highest BCUT2D eigenvalue weighted by Gasteiger charge is 2.16. The largest absolute Gasteiger partial charge is 0.454 e. The monoisotopic (exact) mass is 436 g/mol. The number of anilines is 1. The molecule has 0 saturated carbocycles. The van der Waals surface area contributed by atoms with Crippen LogP contribution in [0, 0.1) is 10.1 Å². The second-order valence-corrected chi connectivity index (χ2v) is 7.62. The lowest BCUT2D eigenvalue weighted by atomic mass is 10.1. The Hall–Kier alpha value is -3.85. The fourth-order valence-electron chi connectivity index (χ4n) is 2.93. The maximum atomic E-state index is 12.5. The maximum Gasteiger partial charge on any atom is 0.270 e. The predicted octanol–water partition coefficient (Wildman–Crippen LogP) is 4.55. The van der Waals surface area contributed by atoms with E-state index in [9.17, 15) is 19.7 Å². The number of hydrogen-bond donors (Lipinski definition) is 1. The quantitative estimate of drug-likeness (QED) is 0.250. The van der Waals surface area contributed by atoms with Crippen molar-refractivity contribution in [3.8, 4) is 11.5 Å². The molecule has 0 aromatic heterocycles. The molecule has 0 bridgehead atoms. The van der Waals surface area contributed by atoms with Crippen molar-refractivity contribution in [2.75, 3.05) is 17.9 Å². The summed E-state index contributed by atoms with van der Waals surface area (Å²) in [4.78, 5) is 36.1. The minimum atomic E-state index is -0.550. The molecule has 3 aromatic rings. The number of amides is 1. The standard InChI is InChI=1S/C22H16N2O6S/c25-19(14-7-8-20-21(10-14)30-13-29-20)12-31-18-6-2-4-16(11-18)23-22(26)15-3-1-5-17(9-15)24(27)28/h1-11H,12-13H2,(H,23,26). The van der Waals surface area contributed by atoms with Gasteiger partial charge in [0.1, 0.15) is 0 Å². The lowest BCUT2D eigenvalue weighted by Crippen LogP contribution is -2.12. The molecule has 1 N–H and O–H groups in total. The van der Waals surface area contributed by atoms with Crippen molar-refractivity contribution in [1.82, 2.24) is 0 Å². The fraction of sp³-hybridized carbons (Fsp3) is 0.0909. The Morgan fingerprint density at radius 2 is 1.77 bits per heavy atom. The molecule has 8 nitrogen and oxygen atoms in total. The number of ketones is 1. The Morgan fingerprint density at radius 3 is 2.61 bits per heavy atom. The second kappa shape index (κ2) is 8.88. The van der Waals surface area contributed by atoms with E-state index in [-0.39, 0.29) is 29.6 Å². The van der Waals surface area contributed by atoms with Gasteiger partial charge in [-0.25, -0.2) is 0 Å². The smallest absolute Gasteiger partial charge is 0.270 e. The summed E-state index contributed by atoms with van der Waals surface area (Å²) in [7, 11) is 0. The summed E-state index contributed by atoms with van der Waals surface area (Å²) < 4.78 is 10.6. The molecule has 0 spiro atoms. The van der Waals surface area contributed by atoms with Crippen LogP contribution >= 0.6 is 11.8 Å².